The Kier molecular flexibility index (Phi) is 3.65. The monoisotopic (exact) mass is 263 g/mol. The molecule has 1 saturated heterocycles. The molecule has 7 nitrogen and oxygen atoms in total. The number of β-lactam (4-membered cyclic amide) rings is 1. The number of nitrogens with two attached hydrogens (primary N) is 1. The van der Waals surface area contributed by atoms with Crippen LogP contribution in [0.4, 0.5) is 4.79 Å². The molecule has 1 aliphatic rings. The summed E-state index contributed by atoms with van der Waals surface area (Å²) in [6, 6.07) is 7.25. The van der Waals surface area contributed by atoms with Crippen LogP contribution in [0.25, 0.3) is 0 Å². The molecule has 0 radical (unpaired) electrons. The maximum absolute atomic E-state index is 11.5. The topological polar surface area (TPSA) is 111 Å². The molecule has 19 heavy (non-hydrogen) atoms. The number of alkyl carbamates (subject to hydrolysis) is 1. The van der Waals surface area contributed by atoms with Gasteiger partial charge in [-0.3, -0.25) is 9.59 Å². The van der Waals surface area contributed by atoms with E-state index in [-0.39, 0.29) is 6.61 Å². The maximum atomic E-state index is 11.5. The average molecular weight is 263 g/mol. The highest BCUT2D eigenvalue weighted by Crippen LogP contribution is 2.07. The van der Waals surface area contributed by atoms with Gasteiger partial charge in [-0.05, 0) is 5.56 Å². The molecule has 2 atom stereocenters. The van der Waals surface area contributed by atoms with E-state index in [9.17, 15) is 14.4 Å². The average Bonchev–Trinajstić information content (AvgIpc) is 2.40. The zero-order valence-electron chi connectivity index (χ0n) is 9.96. The van der Waals surface area contributed by atoms with E-state index in [1.807, 2.05) is 18.2 Å². The first-order valence-electron chi connectivity index (χ1n) is 5.65. The van der Waals surface area contributed by atoms with Crippen LogP contribution < -0.4 is 16.4 Å². The summed E-state index contributed by atoms with van der Waals surface area (Å²) >= 11 is 0. The van der Waals surface area contributed by atoms with E-state index in [0.717, 1.165) is 5.56 Å². The van der Waals surface area contributed by atoms with Crippen LogP contribution in [0.5, 0.6) is 0 Å². The van der Waals surface area contributed by atoms with Crippen LogP contribution in [0.2, 0.25) is 0 Å². The molecule has 0 aromatic heterocycles. The van der Waals surface area contributed by atoms with Gasteiger partial charge in [0.2, 0.25) is 11.8 Å². The predicted octanol–water partition coefficient (Wildman–Crippen LogP) is -0.735. The minimum Gasteiger partial charge on any atom is -0.445 e. The van der Waals surface area contributed by atoms with Gasteiger partial charge in [-0.15, -0.1) is 0 Å². The van der Waals surface area contributed by atoms with Crippen molar-refractivity contribution in [2.45, 2.75) is 18.7 Å². The van der Waals surface area contributed by atoms with Crippen LogP contribution in [0.1, 0.15) is 5.56 Å². The number of carbonyl (C=O) groups excluding carboxylic acids is 3. The highest BCUT2D eigenvalue weighted by molar-refractivity contribution is 6.02. The van der Waals surface area contributed by atoms with Crippen molar-refractivity contribution >= 4 is 17.9 Å². The van der Waals surface area contributed by atoms with Crippen molar-refractivity contribution < 1.29 is 19.1 Å². The van der Waals surface area contributed by atoms with Crippen molar-refractivity contribution in [1.29, 1.82) is 0 Å². The standard InChI is InChI=1S/C12H13N3O4/c13-10(16)8-9(11(17)14-8)15-12(18)19-6-7-4-2-1-3-5-7/h1-5,8-9H,6H2,(H2,13,16)(H,14,17)(H,15,18)/t8-,9+/m0/s1. The Morgan fingerprint density at radius 2 is 2.00 bits per heavy atom. The minimum absolute atomic E-state index is 0.0856. The summed E-state index contributed by atoms with van der Waals surface area (Å²) in [6.45, 7) is 0.0856. The fourth-order valence-corrected chi connectivity index (χ4v) is 1.66. The smallest absolute Gasteiger partial charge is 0.408 e. The van der Waals surface area contributed by atoms with E-state index in [4.69, 9.17) is 10.5 Å². The van der Waals surface area contributed by atoms with Crippen LogP contribution in [0.3, 0.4) is 0 Å². The summed E-state index contributed by atoms with van der Waals surface area (Å²) in [7, 11) is 0. The number of carbonyl (C=O) groups is 3. The number of hydrogen-bond acceptors (Lipinski definition) is 4. The Morgan fingerprint density at radius 1 is 1.32 bits per heavy atom. The molecule has 1 aliphatic heterocycles. The molecule has 1 heterocycles. The van der Waals surface area contributed by atoms with Crippen molar-refractivity contribution in [3.8, 4) is 0 Å². The Hall–Kier alpha value is -2.57. The summed E-state index contributed by atoms with van der Waals surface area (Å²) in [5, 5.41) is 4.58. The molecule has 0 spiro atoms. The first-order chi connectivity index (χ1) is 9.08. The summed E-state index contributed by atoms with van der Waals surface area (Å²) in [5.41, 5.74) is 5.87. The zero-order chi connectivity index (χ0) is 13.8. The Bertz CT molecular complexity index is 503. The molecule has 0 bridgehead atoms. The minimum atomic E-state index is -0.958. The largest absolute Gasteiger partial charge is 0.445 e. The van der Waals surface area contributed by atoms with Gasteiger partial charge in [0.25, 0.3) is 0 Å². The Balaban J connectivity index is 1.81. The van der Waals surface area contributed by atoms with E-state index in [2.05, 4.69) is 10.6 Å². The second kappa shape index (κ2) is 5.38. The first-order valence-corrected chi connectivity index (χ1v) is 5.65. The summed E-state index contributed by atoms with van der Waals surface area (Å²) in [4.78, 5) is 33.5. The van der Waals surface area contributed by atoms with Gasteiger partial charge >= 0.3 is 6.09 Å². The molecule has 1 fully saturated rings. The van der Waals surface area contributed by atoms with Crippen molar-refractivity contribution in [2.75, 3.05) is 0 Å². The number of benzene rings is 1. The quantitative estimate of drug-likeness (QED) is 0.621. The lowest BCUT2D eigenvalue weighted by Gasteiger charge is -2.34. The number of rotatable bonds is 4. The van der Waals surface area contributed by atoms with E-state index in [1.165, 1.54) is 0 Å². The van der Waals surface area contributed by atoms with Gasteiger partial charge < -0.3 is 21.1 Å². The van der Waals surface area contributed by atoms with E-state index in [0.29, 0.717) is 0 Å². The van der Waals surface area contributed by atoms with Crippen LogP contribution in [0.15, 0.2) is 30.3 Å². The van der Waals surface area contributed by atoms with E-state index in [1.54, 1.807) is 12.1 Å². The number of nitrogens with one attached hydrogen (secondary N) is 2. The maximum Gasteiger partial charge on any atom is 0.408 e. The van der Waals surface area contributed by atoms with Gasteiger partial charge in [-0.25, -0.2) is 4.79 Å². The third-order valence-corrected chi connectivity index (χ3v) is 2.71. The zero-order valence-corrected chi connectivity index (χ0v) is 9.96. The lowest BCUT2D eigenvalue weighted by atomic mass is 9.99. The number of ether oxygens (including phenoxy) is 1. The van der Waals surface area contributed by atoms with Gasteiger partial charge in [0.05, 0.1) is 0 Å². The van der Waals surface area contributed by atoms with Crippen molar-refractivity contribution in [1.82, 2.24) is 10.6 Å². The molecule has 3 amide bonds. The number of hydrogen-bond donors (Lipinski definition) is 3. The van der Waals surface area contributed by atoms with E-state index >= 15 is 0 Å². The van der Waals surface area contributed by atoms with Gasteiger partial charge in [0, 0.05) is 0 Å². The molecule has 0 saturated carbocycles. The third kappa shape index (κ3) is 3.01. The fraction of sp³-hybridized carbons (Fsp3) is 0.250. The predicted molar refractivity (Wildman–Crippen MR) is 64.7 cm³/mol. The molecule has 1 aromatic carbocycles. The fourth-order valence-electron chi connectivity index (χ4n) is 1.66. The third-order valence-electron chi connectivity index (χ3n) is 2.71. The van der Waals surface area contributed by atoms with Crippen LogP contribution in [-0.2, 0) is 20.9 Å². The lowest BCUT2D eigenvalue weighted by Crippen LogP contribution is -2.73. The molecule has 2 rings (SSSR count). The molecular weight excluding hydrogens is 250 g/mol. The van der Waals surface area contributed by atoms with Crippen LogP contribution in [-0.4, -0.2) is 30.0 Å². The van der Waals surface area contributed by atoms with Crippen molar-refractivity contribution in [3.05, 3.63) is 35.9 Å². The lowest BCUT2D eigenvalue weighted by molar-refractivity contribution is -0.138. The normalized spacial score (nSPS) is 20.9. The Labute approximate surface area is 109 Å². The summed E-state index contributed by atoms with van der Waals surface area (Å²) < 4.78 is 4.93. The van der Waals surface area contributed by atoms with Crippen LogP contribution in [0, 0.1) is 0 Å². The van der Waals surface area contributed by atoms with Gasteiger partial charge in [0.15, 0.2) is 0 Å². The number of amides is 3. The Morgan fingerprint density at radius 3 is 2.58 bits per heavy atom. The SMILES string of the molecule is NC(=O)[C@H]1NC(=O)[C@@H]1NC(=O)OCc1ccccc1. The molecule has 0 aliphatic carbocycles. The van der Waals surface area contributed by atoms with Crippen LogP contribution >= 0.6 is 0 Å². The number of primary amides is 1. The van der Waals surface area contributed by atoms with Gasteiger partial charge in [-0.2, -0.15) is 0 Å². The highest BCUT2D eigenvalue weighted by Gasteiger charge is 2.44. The summed E-state index contributed by atoms with van der Waals surface area (Å²) in [5.74, 6) is -1.16. The summed E-state index contributed by atoms with van der Waals surface area (Å²) in [6.07, 6.45) is -0.769. The molecule has 1 aromatic rings. The van der Waals surface area contributed by atoms with Crippen molar-refractivity contribution in [3.63, 3.8) is 0 Å². The van der Waals surface area contributed by atoms with Gasteiger partial charge in [0.1, 0.15) is 18.7 Å². The molecule has 0 unspecified atom stereocenters. The first kappa shape index (κ1) is 12.9. The molecular formula is C12H13N3O4. The second-order valence-corrected chi connectivity index (χ2v) is 4.07. The van der Waals surface area contributed by atoms with Gasteiger partial charge in [-0.1, -0.05) is 30.3 Å². The molecule has 100 valence electrons. The molecule has 7 heteroatoms. The highest BCUT2D eigenvalue weighted by atomic mass is 16.5. The van der Waals surface area contributed by atoms with E-state index < -0.39 is 30.0 Å². The van der Waals surface area contributed by atoms with Crippen molar-refractivity contribution in [2.24, 2.45) is 5.73 Å². The molecule has 4 N–H and O–H groups in total. The second-order valence-electron chi connectivity index (χ2n) is 4.07.